The van der Waals surface area contributed by atoms with Gasteiger partial charge in [-0.15, -0.1) is 0 Å². The fraction of sp³-hybridized carbons (Fsp3) is 0.441. The summed E-state index contributed by atoms with van der Waals surface area (Å²) in [4.78, 5) is 12.3. The Balaban J connectivity index is 2.24. The Hall–Kier alpha value is -3.27. The van der Waals surface area contributed by atoms with Crippen LogP contribution in [0.25, 0.3) is 0 Å². The van der Waals surface area contributed by atoms with Gasteiger partial charge in [-0.2, -0.15) is 0 Å². The van der Waals surface area contributed by atoms with Crippen LogP contribution in [0.5, 0.6) is 17.2 Å². The third kappa shape index (κ3) is 18.9. The summed E-state index contributed by atoms with van der Waals surface area (Å²) in [5.74, 6) is 1.41. The molecule has 4 nitrogen and oxygen atoms in total. The third-order valence-electron chi connectivity index (χ3n) is 4.94. The van der Waals surface area contributed by atoms with Crippen LogP contribution >= 0.6 is 0 Å². The summed E-state index contributed by atoms with van der Waals surface area (Å²) in [6.45, 7) is 9.96. The molecule has 1 aromatic rings. The lowest BCUT2D eigenvalue weighted by Gasteiger charge is -2.15. The molecule has 0 atom stereocenters. The molecule has 0 saturated heterocycles. The SMILES string of the molecule is CC/C=C\C/C=C\C/C=C\C/C=C\C/C=C\C/C=C\CCC(=O)Oc1cc(OC(C)C)cc(OC(C)C)c1. The normalized spacial score (nSPS) is 12.6. The van der Waals surface area contributed by atoms with Gasteiger partial charge in [-0.1, -0.05) is 79.8 Å². The number of rotatable bonds is 19. The Morgan fingerprint density at radius 2 is 0.974 bits per heavy atom. The van der Waals surface area contributed by atoms with Crippen molar-refractivity contribution in [1.29, 1.82) is 0 Å². The molecule has 0 aromatic heterocycles. The molecule has 0 amide bonds. The Bertz CT molecular complexity index is 917. The van der Waals surface area contributed by atoms with Crippen molar-refractivity contribution < 1.29 is 19.0 Å². The molecule has 0 radical (unpaired) electrons. The lowest BCUT2D eigenvalue weighted by Crippen LogP contribution is -2.10. The van der Waals surface area contributed by atoms with Crippen molar-refractivity contribution in [3.05, 3.63) is 91.1 Å². The number of carbonyl (C=O) groups is 1. The van der Waals surface area contributed by atoms with Gasteiger partial charge in [-0.05, 0) is 72.6 Å². The minimum absolute atomic E-state index is 0.0148. The van der Waals surface area contributed by atoms with Crippen LogP contribution in [-0.2, 0) is 4.79 Å². The minimum Gasteiger partial charge on any atom is -0.491 e. The van der Waals surface area contributed by atoms with Crippen molar-refractivity contribution in [1.82, 2.24) is 0 Å². The van der Waals surface area contributed by atoms with E-state index in [4.69, 9.17) is 14.2 Å². The second-order valence-electron chi connectivity index (χ2n) is 9.40. The summed E-state index contributed by atoms with van der Waals surface area (Å²) < 4.78 is 17.1. The van der Waals surface area contributed by atoms with Crippen LogP contribution in [0.3, 0.4) is 0 Å². The lowest BCUT2D eigenvalue weighted by molar-refractivity contribution is -0.134. The van der Waals surface area contributed by atoms with Gasteiger partial charge in [-0.25, -0.2) is 0 Å². The topological polar surface area (TPSA) is 44.8 Å². The number of benzene rings is 1. The van der Waals surface area contributed by atoms with E-state index in [0.717, 1.165) is 38.5 Å². The molecule has 1 rings (SSSR count). The van der Waals surface area contributed by atoms with E-state index >= 15 is 0 Å². The number of hydrogen-bond donors (Lipinski definition) is 0. The molecular weight excluding hydrogens is 472 g/mol. The molecule has 0 saturated carbocycles. The van der Waals surface area contributed by atoms with Crippen molar-refractivity contribution in [2.45, 2.75) is 98.2 Å². The van der Waals surface area contributed by atoms with E-state index in [-0.39, 0.29) is 18.2 Å². The van der Waals surface area contributed by atoms with Crippen molar-refractivity contribution in [2.75, 3.05) is 0 Å². The highest BCUT2D eigenvalue weighted by atomic mass is 16.5. The Kier molecular flexibility index (Phi) is 18.8. The molecule has 38 heavy (non-hydrogen) atoms. The maximum absolute atomic E-state index is 12.3. The van der Waals surface area contributed by atoms with Crippen molar-refractivity contribution in [2.24, 2.45) is 0 Å². The van der Waals surface area contributed by atoms with Gasteiger partial charge in [0.2, 0.25) is 0 Å². The van der Waals surface area contributed by atoms with Gasteiger partial charge in [-0.3, -0.25) is 4.79 Å². The molecule has 0 fully saturated rings. The molecule has 4 heteroatoms. The van der Waals surface area contributed by atoms with Gasteiger partial charge in [0.15, 0.2) is 0 Å². The van der Waals surface area contributed by atoms with E-state index in [1.165, 1.54) is 0 Å². The summed E-state index contributed by atoms with van der Waals surface area (Å²) in [7, 11) is 0. The van der Waals surface area contributed by atoms with Gasteiger partial charge < -0.3 is 14.2 Å². The molecule has 0 heterocycles. The maximum Gasteiger partial charge on any atom is 0.311 e. The van der Waals surface area contributed by atoms with Crippen LogP contribution in [-0.4, -0.2) is 18.2 Å². The van der Waals surface area contributed by atoms with Crippen LogP contribution in [0.2, 0.25) is 0 Å². The molecule has 0 N–H and O–H groups in total. The minimum atomic E-state index is -0.276. The lowest BCUT2D eigenvalue weighted by atomic mass is 10.2. The van der Waals surface area contributed by atoms with Crippen LogP contribution in [0.15, 0.2) is 91.1 Å². The van der Waals surface area contributed by atoms with E-state index in [2.05, 4.69) is 73.8 Å². The number of ether oxygens (including phenoxy) is 3. The molecule has 208 valence electrons. The second-order valence-corrected chi connectivity index (χ2v) is 9.40. The molecule has 0 unspecified atom stereocenters. The second kappa shape index (κ2) is 21.8. The fourth-order valence-electron chi connectivity index (χ4n) is 3.31. The smallest absolute Gasteiger partial charge is 0.311 e. The van der Waals surface area contributed by atoms with Gasteiger partial charge in [0.25, 0.3) is 0 Å². The Labute approximate surface area is 231 Å². The molecule has 0 spiro atoms. The first kappa shape index (κ1) is 32.8. The number of carbonyl (C=O) groups excluding carboxylic acids is 1. The summed E-state index contributed by atoms with van der Waals surface area (Å²) in [5.41, 5.74) is 0. The highest BCUT2D eigenvalue weighted by molar-refractivity contribution is 5.72. The zero-order valence-corrected chi connectivity index (χ0v) is 24.1. The van der Waals surface area contributed by atoms with E-state index in [9.17, 15) is 4.79 Å². The van der Waals surface area contributed by atoms with E-state index < -0.39 is 0 Å². The van der Waals surface area contributed by atoms with E-state index in [0.29, 0.717) is 30.1 Å². The van der Waals surface area contributed by atoms with Crippen LogP contribution in [0.4, 0.5) is 0 Å². The summed E-state index contributed by atoms with van der Waals surface area (Å²) in [5, 5.41) is 0. The molecular formula is C34H48O4. The number of esters is 1. The van der Waals surface area contributed by atoms with Crippen molar-refractivity contribution in [3.8, 4) is 17.2 Å². The average molecular weight is 521 g/mol. The molecule has 0 aliphatic heterocycles. The van der Waals surface area contributed by atoms with Gasteiger partial charge in [0.05, 0.1) is 12.2 Å². The van der Waals surface area contributed by atoms with E-state index in [1.54, 1.807) is 12.1 Å². The van der Waals surface area contributed by atoms with Crippen molar-refractivity contribution in [3.63, 3.8) is 0 Å². The Morgan fingerprint density at radius 1 is 0.605 bits per heavy atom. The summed E-state index contributed by atoms with van der Waals surface area (Å²) in [6, 6.07) is 5.26. The van der Waals surface area contributed by atoms with Gasteiger partial charge in [0.1, 0.15) is 17.2 Å². The molecule has 0 aliphatic carbocycles. The van der Waals surface area contributed by atoms with Crippen molar-refractivity contribution >= 4 is 5.97 Å². The predicted molar refractivity (Wildman–Crippen MR) is 161 cm³/mol. The van der Waals surface area contributed by atoms with Gasteiger partial charge >= 0.3 is 5.97 Å². The maximum atomic E-state index is 12.3. The Morgan fingerprint density at radius 3 is 1.37 bits per heavy atom. The van der Waals surface area contributed by atoms with Crippen LogP contribution in [0.1, 0.15) is 86.0 Å². The number of allylic oxidation sites excluding steroid dienone is 12. The first-order valence-corrected chi connectivity index (χ1v) is 14.0. The average Bonchev–Trinajstić information content (AvgIpc) is 2.84. The number of hydrogen-bond acceptors (Lipinski definition) is 4. The van der Waals surface area contributed by atoms with Gasteiger partial charge in [0, 0.05) is 24.6 Å². The van der Waals surface area contributed by atoms with E-state index in [1.807, 2.05) is 39.8 Å². The quantitative estimate of drug-likeness (QED) is 0.103. The standard InChI is InChI=1S/C34H48O4/c1-6-7-8-9-10-11-12-13-14-15-16-17-18-19-20-21-22-23-24-25-34(35)38-33-27-31(36-29(2)3)26-32(28-33)37-30(4)5/h7-8,10-11,13-14,16-17,19-20,22-23,26-30H,6,9,12,15,18,21,24-25H2,1-5H3/b8-7-,11-10-,14-13-,17-16-,20-19-,23-22-. The highest BCUT2D eigenvalue weighted by Crippen LogP contribution is 2.29. The monoisotopic (exact) mass is 520 g/mol. The highest BCUT2D eigenvalue weighted by Gasteiger charge is 2.10. The fourth-order valence-corrected chi connectivity index (χ4v) is 3.31. The zero-order chi connectivity index (χ0) is 27.8. The third-order valence-corrected chi connectivity index (χ3v) is 4.94. The molecule has 0 aliphatic rings. The molecule has 0 bridgehead atoms. The van der Waals surface area contributed by atoms with Crippen LogP contribution < -0.4 is 14.2 Å². The summed E-state index contributed by atoms with van der Waals surface area (Å²) in [6.07, 6.45) is 32.9. The largest absolute Gasteiger partial charge is 0.491 e. The molecule has 1 aromatic carbocycles. The predicted octanol–water partition coefficient (Wildman–Crippen LogP) is 9.64. The first-order valence-electron chi connectivity index (χ1n) is 14.0. The summed E-state index contributed by atoms with van der Waals surface area (Å²) >= 11 is 0. The first-order chi connectivity index (χ1) is 18.4. The van der Waals surface area contributed by atoms with Crippen LogP contribution in [0, 0.1) is 0 Å². The zero-order valence-electron chi connectivity index (χ0n) is 24.1.